The maximum absolute atomic E-state index is 13.0. The number of imidazole rings is 2. The molecule has 11 N–H and O–H groups in total. The number of alkyl halides is 1. The maximum atomic E-state index is 13.0. The molecule has 6 rings (SSSR count). The van der Waals surface area contributed by atoms with Crippen molar-refractivity contribution < 1.29 is 75.9 Å². The Balaban J connectivity index is 1.05. The second-order valence-electron chi connectivity index (χ2n) is 12.1. The molecule has 2 aliphatic heterocycles. The minimum atomic E-state index is -5.77. The lowest BCUT2D eigenvalue weighted by Crippen LogP contribution is -2.33. The maximum Gasteiger partial charge on any atom is 0.393 e. The third-order valence-corrected chi connectivity index (χ3v) is 20.0. The number of nitrogen functional groups attached to an aromatic ring is 2. The zero-order valence-electron chi connectivity index (χ0n) is 29.1. The van der Waals surface area contributed by atoms with E-state index in [9.17, 15) is 48.8 Å². The van der Waals surface area contributed by atoms with Crippen molar-refractivity contribution in [1.29, 1.82) is 0 Å². The molecule has 35 heteroatoms. The van der Waals surface area contributed by atoms with Crippen molar-refractivity contribution in [3.05, 3.63) is 12.7 Å². The van der Waals surface area contributed by atoms with E-state index in [2.05, 4.69) is 50.8 Å². The van der Waals surface area contributed by atoms with Gasteiger partial charge in [0, 0.05) is 0 Å². The largest absolute Gasteiger partial charge is 0.393 e. The van der Waals surface area contributed by atoms with Gasteiger partial charge in [-0.3, -0.25) is 22.8 Å². The van der Waals surface area contributed by atoms with Crippen LogP contribution in [0.15, 0.2) is 23.0 Å². The van der Waals surface area contributed by atoms with Crippen LogP contribution < -0.4 is 11.5 Å². The number of hydrogen-bond donors (Lipinski definition) is 10. The summed E-state index contributed by atoms with van der Waals surface area (Å²) in [5.41, 5.74) is 12.5. The molecule has 0 amide bonds. The van der Waals surface area contributed by atoms with Gasteiger partial charge in [-0.2, -0.15) is 0 Å². The number of hydrogen-bond acceptors (Lipinski definition) is 24. The summed E-state index contributed by atoms with van der Waals surface area (Å²) < 4.78 is 72.1. The number of aliphatic hydroxyl groups excluding tert-OH is 4. The summed E-state index contributed by atoms with van der Waals surface area (Å²) in [7, 11) is -11.5. The number of fused-ring (bicyclic) bond motifs is 2. The van der Waals surface area contributed by atoms with Crippen molar-refractivity contribution in [1.82, 2.24) is 39.0 Å². The highest BCUT2D eigenvalue weighted by atomic mass is 35.5. The van der Waals surface area contributed by atoms with Crippen LogP contribution in [0.2, 0.25) is 0 Å². The van der Waals surface area contributed by atoms with Gasteiger partial charge in [0.1, 0.15) is 47.7 Å². The van der Waals surface area contributed by atoms with Gasteiger partial charge in [-0.1, -0.05) is 47.4 Å². The van der Waals surface area contributed by atoms with Crippen LogP contribution in [0, 0.1) is 0 Å². The lowest BCUT2D eigenvalue weighted by atomic mass is 10.1. The highest BCUT2D eigenvalue weighted by Crippen LogP contribution is 2.77. The second-order valence-corrected chi connectivity index (χ2v) is 24.9. The number of anilines is 2. The average molecular weight is 993 g/mol. The SMILES string of the molecule is CSc1nc(N)c2ncn([C@@H]3O[C@H](COP(=O)(S)OP(=O)(O)C(Cl)P(=O)(O)OP(O)(=S)OC[C@H]4O[C@@H](n5cnc6c(N)nc(SC)nc65)[C@H](O)[C@@H]4O)[C@@H](O)[C@H]3O)c2n1. The van der Waals surface area contributed by atoms with Gasteiger partial charge in [-0.25, -0.2) is 43.1 Å². The van der Waals surface area contributed by atoms with Crippen molar-refractivity contribution in [2.45, 2.75) is 64.3 Å². The molecule has 322 valence electrons. The van der Waals surface area contributed by atoms with Gasteiger partial charge in [-0.05, 0) is 24.3 Å². The van der Waals surface area contributed by atoms with Gasteiger partial charge in [0.25, 0.3) is 0 Å². The van der Waals surface area contributed by atoms with Gasteiger partial charge in [0.05, 0.1) is 25.9 Å². The van der Waals surface area contributed by atoms with Crippen molar-refractivity contribution in [2.75, 3.05) is 37.2 Å². The lowest BCUT2D eigenvalue weighted by molar-refractivity contribution is -0.0485. The highest BCUT2D eigenvalue weighted by Gasteiger charge is 2.53. The second kappa shape index (κ2) is 17.6. The van der Waals surface area contributed by atoms with E-state index in [1.165, 1.54) is 45.3 Å². The summed E-state index contributed by atoms with van der Waals surface area (Å²) in [5, 5.41) is 43.3. The van der Waals surface area contributed by atoms with E-state index < -0.39 is 95.9 Å². The molecule has 26 nitrogen and oxygen atoms in total. The van der Waals surface area contributed by atoms with Gasteiger partial charge >= 0.3 is 28.7 Å². The fourth-order valence-electron chi connectivity index (χ4n) is 5.52. The molecule has 0 aliphatic carbocycles. The third kappa shape index (κ3) is 9.58. The van der Waals surface area contributed by atoms with E-state index in [1.807, 2.05) is 0 Å². The van der Waals surface area contributed by atoms with Gasteiger partial charge in [0.2, 0.25) is 4.86 Å². The zero-order chi connectivity index (χ0) is 42.7. The van der Waals surface area contributed by atoms with E-state index in [4.69, 9.17) is 53.4 Å². The van der Waals surface area contributed by atoms with Crippen LogP contribution in [-0.4, -0.2) is 141 Å². The molecule has 4 aromatic heterocycles. The smallest absolute Gasteiger partial charge is 0.387 e. The molecular formula is C23H33ClN10O16P4S4. The Morgan fingerprint density at radius 2 is 1.21 bits per heavy atom. The Bertz CT molecular complexity index is 2230. The number of ether oxygens (including phenoxy) is 2. The first-order valence-electron chi connectivity index (χ1n) is 15.8. The topological polar surface area (TPSA) is 387 Å². The molecule has 58 heavy (non-hydrogen) atoms. The molecule has 2 aliphatic rings. The van der Waals surface area contributed by atoms with Crippen LogP contribution in [0.4, 0.5) is 11.6 Å². The molecule has 2 fully saturated rings. The van der Waals surface area contributed by atoms with E-state index in [0.29, 0.717) is 0 Å². The van der Waals surface area contributed by atoms with Crippen molar-refractivity contribution in [3.8, 4) is 0 Å². The van der Waals surface area contributed by atoms with Crippen LogP contribution in [0.3, 0.4) is 0 Å². The van der Waals surface area contributed by atoms with E-state index >= 15 is 0 Å². The number of thiol groups is 1. The molecule has 0 spiro atoms. The Labute approximate surface area is 349 Å². The Morgan fingerprint density at radius 1 is 0.793 bits per heavy atom. The standard InChI is InChI=1S/C23H33ClN10O16P4S4/c1-57-22-29-15(25)9-17(31-22)33(5-27-9)19-13(37)11(35)7(47-19)3-45-53(43,55)49-51(39,40)21(24)52(41,42)50-54(44,56)46-4-8-12(36)14(38)20(48-8)34-6-28-10-16(26)30-23(58-2)32-18(10)34/h5-8,11-14,19-21,35-38H,3-4H2,1-2H3,(H,39,40)(H,41,42)(H,43,55)(H,44,56)(H2,25,29,31)(H2,26,30,32)/t7-,8-,11-,12-,13-,14-,19-,20-,21?,53?,54?/m1/s1. The van der Waals surface area contributed by atoms with Gasteiger partial charge in [0.15, 0.2) is 45.7 Å². The minimum Gasteiger partial charge on any atom is -0.387 e. The first-order valence-corrected chi connectivity index (χ1v) is 27.2. The molecule has 0 saturated carbocycles. The van der Waals surface area contributed by atoms with E-state index in [1.54, 1.807) is 12.5 Å². The Kier molecular flexibility index (Phi) is 14.0. The minimum absolute atomic E-state index is 0.0337. The summed E-state index contributed by atoms with van der Waals surface area (Å²) in [5.74, 6) is 0.0701. The molecule has 13 atom stereocenters. The number of nitrogens with two attached hydrogens (primary N) is 2. The highest BCUT2D eigenvalue weighted by molar-refractivity contribution is 8.45. The fraction of sp³-hybridized carbons (Fsp3) is 0.565. The number of rotatable bonds is 16. The summed E-state index contributed by atoms with van der Waals surface area (Å²) in [6.07, 6.45) is -6.49. The number of thioether (sulfide) groups is 2. The molecule has 0 aromatic carbocycles. The Morgan fingerprint density at radius 3 is 1.64 bits per heavy atom. The number of aliphatic hydroxyl groups is 4. The summed E-state index contributed by atoms with van der Waals surface area (Å²) in [6, 6.07) is 0. The number of halogens is 1. The predicted octanol–water partition coefficient (Wildman–Crippen LogP) is 0.727. The summed E-state index contributed by atoms with van der Waals surface area (Å²) in [4.78, 5) is 53.5. The van der Waals surface area contributed by atoms with E-state index in [0.717, 1.165) is 0 Å². The first kappa shape index (κ1) is 46.4. The summed E-state index contributed by atoms with van der Waals surface area (Å²) in [6.45, 7) is -11.7. The van der Waals surface area contributed by atoms with Crippen LogP contribution in [0.25, 0.3) is 22.3 Å². The quantitative estimate of drug-likeness (QED) is 0.0243. The molecule has 5 unspecified atom stereocenters. The van der Waals surface area contributed by atoms with Crippen molar-refractivity contribution in [2.24, 2.45) is 0 Å². The monoisotopic (exact) mass is 992 g/mol. The van der Waals surface area contributed by atoms with Crippen molar-refractivity contribution in [3.63, 3.8) is 0 Å². The Hall–Kier alpha value is -1.14. The first-order chi connectivity index (χ1) is 27.0. The van der Waals surface area contributed by atoms with Crippen LogP contribution in [0.1, 0.15) is 12.5 Å². The summed E-state index contributed by atoms with van der Waals surface area (Å²) >= 11 is 16.5. The average Bonchev–Trinajstić information content (AvgIpc) is 3.90. The lowest BCUT2D eigenvalue weighted by Gasteiger charge is -2.26. The molecule has 4 aromatic rings. The number of aromatic nitrogens is 8. The molecule has 2 saturated heterocycles. The van der Waals surface area contributed by atoms with Crippen LogP contribution in [-0.2, 0) is 52.6 Å². The molecule has 6 heterocycles. The zero-order valence-corrected chi connectivity index (χ0v) is 36.8. The number of nitrogens with zero attached hydrogens (tertiary/aromatic N) is 8. The van der Waals surface area contributed by atoms with Gasteiger partial charge < -0.3 is 60.6 Å². The van der Waals surface area contributed by atoms with Gasteiger partial charge in [-0.15, -0.1) is 0 Å². The van der Waals surface area contributed by atoms with Crippen LogP contribution >= 0.6 is 76.1 Å². The molecule has 0 radical (unpaired) electrons. The third-order valence-electron chi connectivity index (χ3n) is 8.23. The normalized spacial score (nSPS) is 29.9. The van der Waals surface area contributed by atoms with Crippen LogP contribution in [0.5, 0.6) is 0 Å². The van der Waals surface area contributed by atoms with Crippen molar-refractivity contribution >= 4 is 122 Å². The molecule has 0 bridgehead atoms. The fourth-order valence-corrected chi connectivity index (χ4v) is 15.4. The predicted molar refractivity (Wildman–Crippen MR) is 211 cm³/mol. The van der Waals surface area contributed by atoms with E-state index in [-0.39, 0.29) is 44.3 Å². The molecular weight excluding hydrogens is 960 g/mol.